The summed E-state index contributed by atoms with van der Waals surface area (Å²) in [5.41, 5.74) is 1.67. The number of nitrogens with zero attached hydrogens (tertiary/aromatic N) is 1. The number of carbonyl (C=O) groups is 1. The fourth-order valence-electron chi connectivity index (χ4n) is 1.39. The second-order valence-corrected chi connectivity index (χ2v) is 3.12. The van der Waals surface area contributed by atoms with Crippen molar-refractivity contribution in [3.63, 3.8) is 0 Å². The van der Waals surface area contributed by atoms with Gasteiger partial charge in [0.2, 0.25) is 0 Å². The second kappa shape index (κ2) is 3.73. The predicted octanol–water partition coefficient (Wildman–Crippen LogP) is 2.43. The molecule has 0 fully saturated rings. The average molecular weight is 205 g/mol. The molecule has 0 amide bonds. The molecule has 0 radical (unpaired) electrons. The molecular weight excluding hydrogens is 194 g/mol. The molecule has 0 bridgehead atoms. The Bertz CT molecular complexity index is 502. The van der Waals surface area contributed by atoms with E-state index in [9.17, 15) is 4.79 Å². The quantitative estimate of drug-likeness (QED) is 0.722. The zero-order chi connectivity index (χ0) is 10.8. The molecule has 0 aliphatic heterocycles. The van der Waals surface area contributed by atoms with Crippen molar-refractivity contribution in [3.05, 3.63) is 23.8 Å². The largest absolute Gasteiger partial charge is 0.450 e. The highest BCUT2D eigenvalue weighted by Gasteiger charge is 2.12. The lowest BCUT2D eigenvalue weighted by Gasteiger charge is -1.94. The molecule has 0 aliphatic rings. The molecule has 0 unspecified atom stereocenters. The monoisotopic (exact) mass is 205 g/mol. The number of fused-ring (bicyclic) bond motifs is 1. The summed E-state index contributed by atoms with van der Waals surface area (Å²) < 4.78 is 10.5. The minimum atomic E-state index is -0.0419. The fraction of sp³-hybridized carbons (Fsp3) is 0.273. The molecule has 0 aliphatic carbocycles. The molecule has 0 atom stereocenters. The summed E-state index contributed by atoms with van der Waals surface area (Å²) in [6, 6.07) is 5.27. The molecule has 4 nitrogen and oxygen atoms in total. The molecule has 0 saturated heterocycles. The van der Waals surface area contributed by atoms with Crippen molar-refractivity contribution in [2.45, 2.75) is 13.8 Å². The van der Waals surface area contributed by atoms with Gasteiger partial charge in [-0.25, -0.2) is 0 Å². The number of oxazole rings is 1. The number of ketones is 1. The van der Waals surface area contributed by atoms with Crippen molar-refractivity contribution in [2.24, 2.45) is 0 Å². The summed E-state index contributed by atoms with van der Waals surface area (Å²) in [7, 11) is 0. The maximum absolute atomic E-state index is 11.3. The van der Waals surface area contributed by atoms with E-state index in [0.29, 0.717) is 23.3 Å². The number of carbonyl (C=O) groups excluding carboxylic acids is 1. The molecular formula is C11H11NO3. The predicted molar refractivity (Wildman–Crippen MR) is 55.2 cm³/mol. The Hall–Kier alpha value is -1.84. The lowest BCUT2D eigenvalue weighted by atomic mass is 10.1. The van der Waals surface area contributed by atoms with Crippen molar-refractivity contribution < 1.29 is 13.9 Å². The molecule has 1 aromatic heterocycles. The molecule has 4 heteroatoms. The molecule has 0 spiro atoms. The Labute approximate surface area is 86.9 Å². The van der Waals surface area contributed by atoms with E-state index in [1.54, 1.807) is 18.2 Å². The Morgan fingerprint density at radius 3 is 3.00 bits per heavy atom. The number of hydrogen-bond donors (Lipinski definition) is 0. The molecule has 1 aromatic carbocycles. The maximum atomic E-state index is 11.3. The van der Waals surface area contributed by atoms with Crippen LogP contribution >= 0.6 is 0 Å². The number of hydrogen-bond acceptors (Lipinski definition) is 4. The van der Waals surface area contributed by atoms with E-state index in [0.717, 1.165) is 0 Å². The first-order valence-electron chi connectivity index (χ1n) is 4.75. The van der Waals surface area contributed by atoms with Gasteiger partial charge in [-0.05, 0) is 26.0 Å². The Balaban J connectivity index is 2.59. The van der Waals surface area contributed by atoms with Gasteiger partial charge in [-0.1, -0.05) is 6.07 Å². The summed E-state index contributed by atoms with van der Waals surface area (Å²) in [6.45, 7) is 3.83. The third-order valence-electron chi connectivity index (χ3n) is 2.04. The molecule has 2 aromatic rings. The van der Waals surface area contributed by atoms with E-state index in [1.807, 2.05) is 6.92 Å². The van der Waals surface area contributed by atoms with Crippen molar-refractivity contribution in [1.29, 1.82) is 0 Å². The van der Waals surface area contributed by atoms with E-state index in [4.69, 9.17) is 9.15 Å². The summed E-state index contributed by atoms with van der Waals surface area (Å²) >= 11 is 0. The molecule has 15 heavy (non-hydrogen) atoms. The standard InChI is InChI=1S/C11H11NO3/c1-3-14-11-12-9-6-4-5-8(7(2)13)10(9)15-11/h4-6H,3H2,1-2H3. The summed E-state index contributed by atoms with van der Waals surface area (Å²) in [6.07, 6.45) is 0.209. The topological polar surface area (TPSA) is 52.3 Å². The van der Waals surface area contributed by atoms with E-state index >= 15 is 0 Å². The first-order chi connectivity index (χ1) is 7.22. The minimum absolute atomic E-state index is 0.0419. The fourth-order valence-corrected chi connectivity index (χ4v) is 1.39. The van der Waals surface area contributed by atoms with Gasteiger partial charge in [0.25, 0.3) is 0 Å². The molecule has 0 N–H and O–H groups in total. The van der Waals surface area contributed by atoms with Crippen molar-refractivity contribution >= 4 is 16.9 Å². The number of rotatable bonds is 3. The van der Waals surface area contributed by atoms with Crippen LogP contribution in [0.3, 0.4) is 0 Å². The zero-order valence-corrected chi connectivity index (χ0v) is 8.61. The van der Waals surface area contributed by atoms with Crippen LogP contribution < -0.4 is 4.74 Å². The van der Waals surface area contributed by atoms with Crippen LogP contribution in [0.15, 0.2) is 22.6 Å². The van der Waals surface area contributed by atoms with Crippen molar-refractivity contribution in [2.75, 3.05) is 6.61 Å². The molecule has 78 valence electrons. The number of benzene rings is 1. The van der Waals surface area contributed by atoms with E-state index < -0.39 is 0 Å². The van der Waals surface area contributed by atoms with Crippen molar-refractivity contribution in [3.8, 4) is 6.08 Å². The zero-order valence-electron chi connectivity index (χ0n) is 8.61. The molecule has 2 rings (SSSR count). The van der Waals surface area contributed by atoms with Gasteiger partial charge in [-0.15, -0.1) is 0 Å². The van der Waals surface area contributed by atoms with Crippen LogP contribution in [0, 0.1) is 0 Å². The van der Waals surface area contributed by atoms with Gasteiger partial charge in [0.1, 0.15) is 5.52 Å². The van der Waals surface area contributed by atoms with Gasteiger partial charge in [0.05, 0.1) is 12.2 Å². The summed E-state index contributed by atoms with van der Waals surface area (Å²) in [4.78, 5) is 15.4. The van der Waals surface area contributed by atoms with Gasteiger partial charge in [-0.2, -0.15) is 4.98 Å². The normalized spacial score (nSPS) is 10.5. The van der Waals surface area contributed by atoms with Crippen molar-refractivity contribution in [1.82, 2.24) is 4.98 Å². The van der Waals surface area contributed by atoms with Crippen LogP contribution in [0.1, 0.15) is 24.2 Å². The Morgan fingerprint density at radius 1 is 1.53 bits per heavy atom. The lowest BCUT2D eigenvalue weighted by Crippen LogP contribution is -1.91. The summed E-state index contributed by atoms with van der Waals surface area (Å²) in [5.74, 6) is -0.0419. The molecule has 0 saturated carbocycles. The van der Waals surface area contributed by atoms with E-state index in [-0.39, 0.29) is 11.9 Å². The maximum Gasteiger partial charge on any atom is 0.394 e. The highest BCUT2D eigenvalue weighted by molar-refractivity contribution is 6.04. The average Bonchev–Trinajstić information content (AvgIpc) is 2.59. The minimum Gasteiger partial charge on any atom is -0.450 e. The Kier molecular flexibility index (Phi) is 2.41. The SMILES string of the molecule is CCOc1nc2cccc(C(C)=O)c2o1. The number of aromatic nitrogens is 1. The number of Topliss-reactive ketones (excluding diaryl/α,β-unsaturated/α-hetero) is 1. The Morgan fingerprint density at radius 2 is 2.33 bits per heavy atom. The van der Waals surface area contributed by atoms with Crippen LogP contribution in [0.4, 0.5) is 0 Å². The van der Waals surface area contributed by atoms with Crippen LogP contribution in [-0.4, -0.2) is 17.4 Å². The number of ether oxygens (including phenoxy) is 1. The first-order valence-corrected chi connectivity index (χ1v) is 4.75. The number of para-hydroxylation sites is 1. The van der Waals surface area contributed by atoms with Gasteiger partial charge in [0, 0.05) is 0 Å². The van der Waals surface area contributed by atoms with E-state index in [1.165, 1.54) is 6.92 Å². The van der Waals surface area contributed by atoms with Gasteiger partial charge < -0.3 is 9.15 Å². The lowest BCUT2D eigenvalue weighted by molar-refractivity contribution is 0.101. The molecule has 1 heterocycles. The van der Waals surface area contributed by atoms with Crippen LogP contribution in [-0.2, 0) is 0 Å². The third-order valence-corrected chi connectivity index (χ3v) is 2.04. The summed E-state index contributed by atoms with van der Waals surface area (Å²) in [5, 5.41) is 0. The van der Waals surface area contributed by atoms with Gasteiger partial charge in [-0.3, -0.25) is 4.79 Å². The third kappa shape index (κ3) is 1.70. The van der Waals surface area contributed by atoms with Crippen LogP contribution in [0.2, 0.25) is 0 Å². The smallest absolute Gasteiger partial charge is 0.394 e. The van der Waals surface area contributed by atoms with E-state index in [2.05, 4.69) is 4.98 Å². The highest BCUT2D eigenvalue weighted by atomic mass is 16.6. The van der Waals surface area contributed by atoms with Gasteiger partial charge >= 0.3 is 6.08 Å². The first kappa shape index (κ1) is 9.71. The van der Waals surface area contributed by atoms with Crippen LogP contribution in [0.5, 0.6) is 6.08 Å². The second-order valence-electron chi connectivity index (χ2n) is 3.12. The van der Waals surface area contributed by atoms with Gasteiger partial charge in [0.15, 0.2) is 11.4 Å². The van der Waals surface area contributed by atoms with Crippen LogP contribution in [0.25, 0.3) is 11.1 Å². The highest BCUT2D eigenvalue weighted by Crippen LogP contribution is 2.24.